The van der Waals surface area contributed by atoms with E-state index in [2.05, 4.69) is 17.0 Å². The number of unbranched alkanes of at least 4 members (excludes halogenated alkanes) is 2. The van der Waals surface area contributed by atoms with Crippen molar-refractivity contribution >= 4 is 21.6 Å². The van der Waals surface area contributed by atoms with Gasteiger partial charge in [0, 0.05) is 6.54 Å². The van der Waals surface area contributed by atoms with Crippen LogP contribution in [0, 0.1) is 6.92 Å². The smallest absolute Gasteiger partial charge is 0.261 e. The van der Waals surface area contributed by atoms with Gasteiger partial charge in [0.1, 0.15) is 0 Å². The number of hydrogen-bond donors (Lipinski definition) is 2. The fourth-order valence-corrected chi connectivity index (χ4v) is 3.44. The molecule has 2 aromatic carbocycles. The van der Waals surface area contributed by atoms with Gasteiger partial charge >= 0.3 is 0 Å². The van der Waals surface area contributed by atoms with Gasteiger partial charge in [-0.1, -0.05) is 49.6 Å². The predicted octanol–water partition coefficient (Wildman–Crippen LogP) is 3.72. The van der Waals surface area contributed by atoms with E-state index in [-0.39, 0.29) is 16.5 Å². The summed E-state index contributed by atoms with van der Waals surface area (Å²) in [5.41, 5.74) is 1.57. The van der Waals surface area contributed by atoms with Crippen molar-refractivity contribution in [3.8, 4) is 0 Å². The molecule has 0 atom stereocenters. The van der Waals surface area contributed by atoms with Crippen molar-refractivity contribution in [1.29, 1.82) is 0 Å². The first-order chi connectivity index (χ1) is 11.9. The molecule has 0 saturated carbocycles. The molecule has 134 valence electrons. The number of aryl methyl sites for hydroxylation is 1. The number of amides is 1. The van der Waals surface area contributed by atoms with Gasteiger partial charge in [0.15, 0.2) is 0 Å². The van der Waals surface area contributed by atoms with Gasteiger partial charge in [0.25, 0.3) is 15.9 Å². The Bertz CT molecular complexity index is 815. The van der Waals surface area contributed by atoms with Crippen LogP contribution in [-0.2, 0) is 10.0 Å². The number of hydrogen-bond acceptors (Lipinski definition) is 3. The first-order valence-electron chi connectivity index (χ1n) is 8.41. The number of sulfonamides is 1. The van der Waals surface area contributed by atoms with E-state index in [1.807, 2.05) is 6.92 Å². The van der Waals surface area contributed by atoms with Gasteiger partial charge in [0.05, 0.1) is 16.1 Å². The molecule has 6 heteroatoms. The minimum atomic E-state index is -3.75. The third-order valence-corrected chi connectivity index (χ3v) is 5.19. The molecule has 25 heavy (non-hydrogen) atoms. The van der Waals surface area contributed by atoms with E-state index in [9.17, 15) is 13.2 Å². The average molecular weight is 360 g/mol. The highest BCUT2D eigenvalue weighted by atomic mass is 32.2. The number of rotatable bonds is 8. The molecule has 2 N–H and O–H groups in total. The number of carbonyl (C=O) groups excluding carboxylic acids is 1. The maximum atomic E-state index is 12.5. The Balaban J connectivity index is 2.17. The topological polar surface area (TPSA) is 75.3 Å². The van der Waals surface area contributed by atoms with Crippen molar-refractivity contribution < 1.29 is 13.2 Å². The molecule has 0 aliphatic rings. The van der Waals surface area contributed by atoms with Gasteiger partial charge in [-0.3, -0.25) is 9.52 Å². The van der Waals surface area contributed by atoms with Crippen molar-refractivity contribution in [2.24, 2.45) is 0 Å². The standard InChI is InChI=1S/C19H24N2O3S/c1-3-4-7-14-20-19(22)17-8-5-6-9-18(17)21-25(23,24)16-12-10-15(2)11-13-16/h5-6,8-13,21H,3-4,7,14H2,1-2H3,(H,20,22). The molecular formula is C19H24N2O3S. The first kappa shape index (κ1) is 19.0. The zero-order valence-electron chi connectivity index (χ0n) is 14.6. The lowest BCUT2D eigenvalue weighted by Crippen LogP contribution is -2.26. The van der Waals surface area contributed by atoms with Crippen LogP contribution < -0.4 is 10.0 Å². The predicted molar refractivity (Wildman–Crippen MR) is 100 cm³/mol. The molecule has 5 nitrogen and oxygen atoms in total. The van der Waals surface area contributed by atoms with Gasteiger partial charge in [-0.25, -0.2) is 8.42 Å². The molecular weight excluding hydrogens is 336 g/mol. The summed E-state index contributed by atoms with van der Waals surface area (Å²) in [6, 6.07) is 13.2. The van der Waals surface area contributed by atoms with Crippen LogP contribution in [0.5, 0.6) is 0 Å². The van der Waals surface area contributed by atoms with Crippen molar-refractivity contribution in [3.63, 3.8) is 0 Å². The van der Waals surface area contributed by atoms with Crippen molar-refractivity contribution in [2.75, 3.05) is 11.3 Å². The second-order valence-electron chi connectivity index (χ2n) is 5.93. The molecule has 0 aliphatic heterocycles. The van der Waals surface area contributed by atoms with Crippen molar-refractivity contribution in [2.45, 2.75) is 38.0 Å². The molecule has 2 aromatic rings. The van der Waals surface area contributed by atoms with E-state index >= 15 is 0 Å². The zero-order chi connectivity index (χ0) is 18.3. The molecule has 1 amide bonds. The molecule has 0 bridgehead atoms. The fourth-order valence-electron chi connectivity index (χ4n) is 2.36. The Morgan fingerprint density at radius 1 is 1.00 bits per heavy atom. The molecule has 0 fully saturated rings. The first-order valence-corrected chi connectivity index (χ1v) is 9.89. The lowest BCUT2D eigenvalue weighted by atomic mass is 10.1. The number of para-hydroxylation sites is 1. The lowest BCUT2D eigenvalue weighted by molar-refractivity contribution is 0.0954. The van der Waals surface area contributed by atoms with Crippen molar-refractivity contribution in [3.05, 3.63) is 59.7 Å². The second kappa shape index (κ2) is 8.67. The monoisotopic (exact) mass is 360 g/mol. The third-order valence-electron chi connectivity index (χ3n) is 3.81. The van der Waals surface area contributed by atoms with E-state index in [4.69, 9.17) is 0 Å². The molecule has 2 rings (SSSR count). The number of benzene rings is 2. The molecule has 0 unspecified atom stereocenters. The van der Waals surface area contributed by atoms with Crippen LogP contribution in [0.25, 0.3) is 0 Å². The van der Waals surface area contributed by atoms with E-state index in [0.717, 1.165) is 24.8 Å². The number of anilines is 1. The highest BCUT2D eigenvalue weighted by Crippen LogP contribution is 2.20. The second-order valence-corrected chi connectivity index (χ2v) is 7.61. The maximum absolute atomic E-state index is 12.5. The molecule has 0 heterocycles. The van der Waals surface area contributed by atoms with Gasteiger partial charge < -0.3 is 5.32 Å². The van der Waals surface area contributed by atoms with Crippen LogP contribution in [0.4, 0.5) is 5.69 Å². The normalized spacial score (nSPS) is 11.1. The minimum Gasteiger partial charge on any atom is -0.352 e. The number of carbonyl (C=O) groups is 1. The average Bonchev–Trinajstić information content (AvgIpc) is 2.59. The summed E-state index contributed by atoms with van der Waals surface area (Å²) in [4.78, 5) is 12.5. The summed E-state index contributed by atoms with van der Waals surface area (Å²) in [5, 5.41) is 2.83. The summed E-state index contributed by atoms with van der Waals surface area (Å²) in [5.74, 6) is -0.279. The van der Waals surface area contributed by atoms with E-state index < -0.39 is 10.0 Å². The fraction of sp³-hybridized carbons (Fsp3) is 0.316. The maximum Gasteiger partial charge on any atom is 0.261 e. The van der Waals surface area contributed by atoms with Crippen molar-refractivity contribution in [1.82, 2.24) is 5.32 Å². The summed E-state index contributed by atoms with van der Waals surface area (Å²) in [7, 11) is -3.75. The largest absolute Gasteiger partial charge is 0.352 e. The Hall–Kier alpha value is -2.34. The molecule has 0 saturated heterocycles. The quantitative estimate of drug-likeness (QED) is 0.705. The van der Waals surface area contributed by atoms with Crippen LogP contribution in [0.2, 0.25) is 0 Å². The highest BCUT2D eigenvalue weighted by molar-refractivity contribution is 7.92. The van der Waals surface area contributed by atoms with Crippen LogP contribution in [-0.4, -0.2) is 20.9 Å². The Labute approximate surface area is 149 Å². The van der Waals surface area contributed by atoms with Gasteiger partial charge in [0.2, 0.25) is 0 Å². The van der Waals surface area contributed by atoms with Gasteiger partial charge in [-0.15, -0.1) is 0 Å². The Morgan fingerprint density at radius 2 is 1.68 bits per heavy atom. The van der Waals surface area contributed by atoms with Crippen LogP contribution in [0.1, 0.15) is 42.1 Å². The van der Waals surface area contributed by atoms with E-state index in [1.165, 1.54) is 0 Å². The highest BCUT2D eigenvalue weighted by Gasteiger charge is 2.18. The molecule has 0 aliphatic carbocycles. The summed E-state index contributed by atoms with van der Waals surface area (Å²) < 4.78 is 27.6. The van der Waals surface area contributed by atoms with E-state index in [1.54, 1.807) is 48.5 Å². The van der Waals surface area contributed by atoms with Crippen LogP contribution in [0.15, 0.2) is 53.4 Å². The summed E-state index contributed by atoms with van der Waals surface area (Å²) in [6.07, 6.45) is 3.02. The molecule has 0 aromatic heterocycles. The SMILES string of the molecule is CCCCCNC(=O)c1ccccc1NS(=O)(=O)c1ccc(C)cc1. The zero-order valence-corrected chi connectivity index (χ0v) is 15.4. The molecule has 0 spiro atoms. The lowest BCUT2D eigenvalue weighted by Gasteiger charge is -2.13. The van der Waals surface area contributed by atoms with Gasteiger partial charge in [-0.2, -0.15) is 0 Å². The third kappa shape index (κ3) is 5.32. The number of nitrogens with one attached hydrogen (secondary N) is 2. The van der Waals surface area contributed by atoms with Crippen LogP contribution in [0.3, 0.4) is 0 Å². The van der Waals surface area contributed by atoms with Gasteiger partial charge in [-0.05, 0) is 37.6 Å². The summed E-state index contributed by atoms with van der Waals surface area (Å²) >= 11 is 0. The summed E-state index contributed by atoms with van der Waals surface area (Å²) in [6.45, 7) is 4.56. The Morgan fingerprint density at radius 3 is 2.36 bits per heavy atom. The van der Waals surface area contributed by atoms with E-state index in [0.29, 0.717) is 12.1 Å². The minimum absolute atomic E-state index is 0.163. The van der Waals surface area contributed by atoms with Crippen LogP contribution >= 0.6 is 0 Å². The molecule has 0 radical (unpaired) electrons. The Kier molecular flexibility index (Phi) is 6.58.